The first kappa shape index (κ1) is 24.8. The molecule has 2 bridgehead atoms. The molecule has 3 unspecified atom stereocenters. The summed E-state index contributed by atoms with van der Waals surface area (Å²) in [6.45, 7) is 13.1. The second kappa shape index (κ2) is 11.5. The number of likely N-dealkylation sites (tertiary alicyclic amines) is 1. The second-order valence-electron chi connectivity index (χ2n) is 11.5. The Balaban J connectivity index is 1.10. The number of para-hydroxylation sites is 1. The first-order chi connectivity index (χ1) is 17.2. The van der Waals surface area contributed by atoms with Crippen LogP contribution in [-0.2, 0) is 13.0 Å². The summed E-state index contributed by atoms with van der Waals surface area (Å²) in [4.78, 5) is 5.65. The van der Waals surface area contributed by atoms with E-state index in [1.807, 2.05) is 0 Å². The molecular formula is C32H47N3. The van der Waals surface area contributed by atoms with Crippen LogP contribution in [0.15, 0.2) is 48.2 Å². The van der Waals surface area contributed by atoms with Gasteiger partial charge in [-0.1, -0.05) is 62.3 Å². The Bertz CT molecular complexity index is 1030. The normalized spacial score (nSPS) is 25.0. The zero-order valence-corrected chi connectivity index (χ0v) is 22.5. The maximum Gasteiger partial charge on any atom is 0.0515 e. The Labute approximate surface area is 213 Å². The molecule has 2 saturated heterocycles. The molecule has 0 spiro atoms. The van der Waals surface area contributed by atoms with Crippen molar-refractivity contribution in [3.05, 3.63) is 59.3 Å². The van der Waals surface area contributed by atoms with Crippen LogP contribution >= 0.6 is 0 Å². The van der Waals surface area contributed by atoms with E-state index in [9.17, 15) is 0 Å². The Hall–Kier alpha value is -1.84. The van der Waals surface area contributed by atoms with Gasteiger partial charge in [-0.25, -0.2) is 0 Å². The highest BCUT2D eigenvalue weighted by Gasteiger charge is 2.39. The van der Waals surface area contributed by atoms with Crippen molar-refractivity contribution in [3.8, 4) is 0 Å². The van der Waals surface area contributed by atoms with Gasteiger partial charge in [0.05, 0.1) is 5.52 Å². The minimum atomic E-state index is 0.779. The fraction of sp³-hybridized carbons (Fsp3) is 0.625. The van der Waals surface area contributed by atoms with Crippen molar-refractivity contribution in [2.75, 3.05) is 26.2 Å². The fourth-order valence-electron chi connectivity index (χ4n) is 7.02. The van der Waals surface area contributed by atoms with Gasteiger partial charge in [0.25, 0.3) is 0 Å². The Kier molecular flexibility index (Phi) is 8.14. The zero-order valence-electron chi connectivity index (χ0n) is 22.5. The standard InChI is InChI=1S/C32H47N3/c1-4-9-28-11-6-12-31-25(3)22-34(32(28)31)20-8-21-35-29-17-18-30(35)24-33(23-29)19-7-10-27-15-13-26(5-2)14-16-27/h6,11-13,15-16,22,26,29-30H,4-5,7-10,14,17-21,23-24H2,1-3H3. The summed E-state index contributed by atoms with van der Waals surface area (Å²) in [6.07, 6.45) is 21.3. The summed E-state index contributed by atoms with van der Waals surface area (Å²) in [6, 6.07) is 8.46. The predicted molar refractivity (Wildman–Crippen MR) is 150 cm³/mol. The van der Waals surface area contributed by atoms with Crippen LogP contribution in [0, 0.1) is 12.8 Å². The van der Waals surface area contributed by atoms with Gasteiger partial charge in [-0.3, -0.25) is 4.90 Å². The smallest absolute Gasteiger partial charge is 0.0515 e. The lowest BCUT2D eigenvalue weighted by Crippen LogP contribution is -2.54. The molecule has 0 amide bonds. The third kappa shape index (κ3) is 5.62. The van der Waals surface area contributed by atoms with Crippen LogP contribution in [0.3, 0.4) is 0 Å². The van der Waals surface area contributed by atoms with Gasteiger partial charge >= 0.3 is 0 Å². The van der Waals surface area contributed by atoms with Crippen molar-refractivity contribution in [3.63, 3.8) is 0 Å². The van der Waals surface area contributed by atoms with Crippen LogP contribution in [0.1, 0.15) is 76.3 Å². The Morgan fingerprint density at radius 2 is 1.77 bits per heavy atom. The van der Waals surface area contributed by atoms with Crippen LogP contribution in [0.2, 0.25) is 0 Å². The molecule has 1 aromatic heterocycles. The Morgan fingerprint density at radius 3 is 2.49 bits per heavy atom. The molecule has 0 saturated carbocycles. The molecule has 3 heteroatoms. The number of benzene rings is 1. The van der Waals surface area contributed by atoms with Crippen molar-refractivity contribution in [1.82, 2.24) is 14.4 Å². The summed E-state index contributed by atoms with van der Waals surface area (Å²) in [5.74, 6) is 0.779. The number of allylic oxidation sites excluding steroid dienone is 4. The van der Waals surface area contributed by atoms with Gasteiger partial charge in [0.2, 0.25) is 0 Å². The first-order valence-electron chi connectivity index (χ1n) is 14.6. The summed E-state index contributed by atoms with van der Waals surface area (Å²) in [5.41, 5.74) is 6.02. The maximum absolute atomic E-state index is 2.87. The highest BCUT2D eigenvalue weighted by atomic mass is 15.3. The molecule has 190 valence electrons. The van der Waals surface area contributed by atoms with E-state index in [1.165, 1.54) is 106 Å². The van der Waals surface area contributed by atoms with Gasteiger partial charge in [0, 0.05) is 49.8 Å². The van der Waals surface area contributed by atoms with E-state index in [4.69, 9.17) is 0 Å². The van der Waals surface area contributed by atoms with Crippen LogP contribution in [-0.4, -0.2) is 52.6 Å². The fourth-order valence-corrected chi connectivity index (χ4v) is 7.02. The van der Waals surface area contributed by atoms with Crippen LogP contribution < -0.4 is 0 Å². The van der Waals surface area contributed by atoms with E-state index >= 15 is 0 Å². The summed E-state index contributed by atoms with van der Waals surface area (Å²) < 4.78 is 2.56. The molecule has 3 aliphatic rings. The molecule has 3 atom stereocenters. The number of hydrogen-bond donors (Lipinski definition) is 0. The molecule has 3 nitrogen and oxygen atoms in total. The van der Waals surface area contributed by atoms with E-state index in [1.54, 1.807) is 5.57 Å². The molecule has 0 N–H and O–H groups in total. The highest BCUT2D eigenvalue weighted by molar-refractivity contribution is 5.86. The predicted octanol–water partition coefficient (Wildman–Crippen LogP) is 7.13. The average molecular weight is 474 g/mol. The molecule has 5 rings (SSSR count). The van der Waals surface area contributed by atoms with Crippen molar-refractivity contribution < 1.29 is 0 Å². The van der Waals surface area contributed by atoms with Gasteiger partial charge in [-0.15, -0.1) is 0 Å². The lowest BCUT2D eigenvalue weighted by molar-refractivity contribution is 0.0647. The van der Waals surface area contributed by atoms with Crippen molar-refractivity contribution in [1.29, 1.82) is 0 Å². The molecule has 2 aromatic rings. The van der Waals surface area contributed by atoms with E-state index in [-0.39, 0.29) is 0 Å². The quantitative estimate of drug-likeness (QED) is 0.344. The largest absolute Gasteiger partial charge is 0.347 e. The van der Waals surface area contributed by atoms with Crippen LogP contribution in [0.4, 0.5) is 0 Å². The molecule has 1 aliphatic carbocycles. The van der Waals surface area contributed by atoms with E-state index in [0.717, 1.165) is 24.5 Å². The number of rotatable bonds is 11. The minimum Gasteiger partial charge on any atom is -0.347 e. The molecule has 3 heterocycles. The number of piperazine rings is 1. The van der Waals surface area contributed by atoms with Gasteiger partial charge in [0.15, 0.2) is 0 Å². The van der Waals surface area contributed by atoms with Gasteiger partial charge < -0.3 is 9.47 Å². The van der Waals surface area contributed by atoms with E-state index in [0.29, 0.717) is 0 Å². The number of aryl methyl sites for hydroxylation is 3. The van der Waals surface area contributed by atoms with Gasteiger partial charge in [-0.05, 0) is 81.9 Å². The maximum atomic E-state index is 2.87. The SMILES string of the molecule is CCCc1cccc2c(C)cn(CCCN3C4CCC3CN(CCCC3=CCC(CC)C=C3)C4)c12. The average Bonchev–Trinajstić information content (AvgIpc) is 3.32. The monoisotopic (exact) mass is 473 g/mol. The van der Waals surface area contributed by atoms with Crippen molar-refractivity contribution >= 4 is 10.9 Å². The molecule has 0 radical (unpaired) electrons. The van der Waals surface area contributed by atoms with Crippen LogP contribution in [0.25, 0.3) is 10.9 Å². The second-order valence-corrected chi connectivity index (χ2v) is 11.5. The number of fused-ring (bicyclic) bond motifs is 3. The number of nitrogens with zero attached hydrogens (tertiary/aromatic N) is 3. The van der Waals surface area contributed by atoms with Crippen molar-refractivity contribution in [2.24, 2.45) is 5.92 Å². The topological polar surface area (TPSA) is 11.4 Å². The van der Waals surface area contributed by atoms with Gasteiger partial charge in [0.1, 0.15) is 0 Å². The molecule has 1 aromatic carbocycles. The molecular weight excluding hydrogens is 426 g/mol. The zero-order chi connectivity index (χ0) is 24.2. The summed E-state index contributed by atoms with van der Waals surface area (Å²) in [5, 5.41) is 1.45. The molecule has 2 fully saturated rings. The van der Waals surface area contributed by atoms with E-state index < -0.39 is 0 Å². The Morgan fingerprint density at radius 1 is 0.943 bits per heavy atom. The molecule has 35 heavy (non-hydrogen) atoms. The third-order valence-corrected chi connectivity index (χ3v) is 8.95. The first-order valence-corrected chi connectivity index (χ1v) is 14.6. The van der Waals surface area contributed by atoms with Crippen LogP contribution in [0.5, 0.6) is 0 Å². The lowest BCUT2D eigenvalue weighted by Gasteiger charge is -2.41. The number of hydrogen-bond acceptors (Lipinski definition) is 2. The minimum absolute atomic E-state index is 0.779. The summed E-state index contributed by atoms with van der Waals surface area (Å²) >= 11 is 0. The molecule has 2 aliphatic heterocycles. The third-order valence-electron chi connectivity index (χ3n) is 8.95. The summed E-state index contributed by atoms with van der Waals surface area (Å²) in [7, 11) is 0. The highest BCUT2D eigenvalue weighted by Crippen LogP contribution is 2.31. The van der Waals surface area contributed by atoms with Crippen molar-refractivity contribution in [2.45, 2.75) is 97.2 Å². The lowest BCUT2D eigenvalue weighted by atomic mass is 9.93. The number of aromatic nitrogens is 1. The van der Waals surface area contributed by atoms with E-state index in [2.05, 4.69) is 77.8 Å². The van der Waals surface area contributed by atoms with Gasteiger partial charge in [-0.2, -0.15) is 0 Å².